The van der Waals surface area contributed by atoms with Crippen LogP contribution < -0.4 is 5.32 Å². The van der Waals surface area contributed by atoms with Crippen molar-refractivity contribution < 1.29 is 23.5 Å². The second-order valence-electron chi connectivity index (χ2n) is 5.98. The first-order valence-electron chi connectivity index (χ1n) is 8.08. The Balaban J connectivity index is 1.91. The molecule has 7 nitrogen and oxygen atoms in total. The van der Waals surface area contributed by atoms with Gasteiger partial charge in [-0.05, 0) is 32.0 Å². The molecule has 1 aromatic heterocycles. The van der Waals surface area contributed by atoms with Crippen molar-refractivity contribution in [3.8, 4) is 0 Å². The van der Waals surface area contributed by atoms with E-state index in [1.807, 2.05) is 13.0 Å². The molecule has 1 N–H and O–H groups in total. The highest BCUT2D eigenvalue weighted by Gasteiger charge is 2.18. The molecule has 2 amide bonds. The molecule has 1 heterocycles. The molecule has 0 saturated heterocycles. The molecule has 0 aliphatic carbocycles. The molecule has 0 saturated carbocycles. The maximum absolute atomic E-state index is 12.2. The number of carbonyl (C=O) groups excluding carboxylic acids is 3. The second kappa shape index (κ2) is 8.33. The summed E-state index contributed by atoms with van der Waals surface area (Å²) in [6, 6.07) is 8.68. The van der Waals surface area contributed by atoms with Crippen LogP contribution in [0.4, 0.5) is 0 Å². The maximum atomic E-state index is 12.2. The van der Waals surface area contributed by atoms with E-state index in [1.165, 1.54) is 12.0 Å². The molecule has 2 aromatic rings. The van der Waals surface area contributed by atoms with E-state index >= 15 is 0 Å². The van der Waals surface area contributed by atoms with Crippen LogP contribution in [0.5, 0.6) is 0 Å². The van der Waals surface area contributed by atoms with E-state index in [2.05, 4.69) is 10.1 Å². The highest BCUT2D eigenvalue weighted by atomic mass is 16.5. The Bertz CT molecular complexity index is 825. The number of hydrogen-bond donors (Lipinski definition) is 1. The zero-order valence-electron chi connectivity index (χ0n) is 15.3. The molecule has 0 fully saturated rings. The van der Waals surface area contributed by atoms with Crippen molar-refractivity contribution in [3.63, 3.8) is 0 Å². The minimum absolute atomic E-state index is 0.132. The van der Waals surface area contributed by atoms with E-state index in [4.69, 9.17) is 4.42 Å². The van der Waals surface area contributed by atoms with Gasteiger partial charge >= 0.3 is 5.97 Å². The van der Waals surface area contributed by atoms with Crippen LogP contribution in [0.2, 0.25) is 0 Å². The Morgan fingerprint density at radius 2 is 1.92 bits per heavy atom. The van der Waals surface area contributed by atoms with Gasteiger partial charge in [0.15, 0.2) is 0 Å². The van der Waals surface area contributed by atoms with E-state index in [0.717, 1.165) is 5.56 Å². The minimum Gasteiger partial charge on any atom is -0.465 e. The van der Waals surface area contributed by atoms with Crippen LogP contribution in [-0.4, -0.2) is 43.4 Å². The predicted molar refractivity (Wildman–Crippen MR) is 94.8 cm³/mol. The van der Waals surface area contributed by atoms with E-state index in [1.54, 1.807) is 38.2 Å². The minimum atomic E-state index is -0.489. The Kier molecular flexibility index (Phi) is 6.16. The average molecular weight is 358 g/mol. The molecule has 1 aromatic carbocycles. The third-order valence-electron chi connectivity index (χ3n) is 3.87. The molecule has 0 unspecified atom stereocenters. The number of rotatable bonds is 6. The molecule has 0 radical (unpaired) electrons. The Morgan fingerprint density at radius 3 is 2.58 bits per heavy atom. The zero-order valence-corrected chi connectivity index (χ0v) is 15.3. The van der Waals surface area contributed by atoms with E-state index in [-0.39, 0.29) is 24.9 Å². The van der Waals surface area contributed by atoms with E-state index in [9.17, 15) is 14.4 Å². The number of nitrogens with zero attached hydrogens (tertiary/aromatic N) is 1. The molecular weight excluding hydrogens is 336 g/mol. The summed E-state index contributed by atoms with van der Waals surface area (Å²) >= 11 is 0. The van der Waals surface area contributed by atoms with Gasteiger partial charge in [0.1, 0.15) is 17.1 Å². The molecule has 0 atom stereocenters. The van der Waals surface area contributed by atoms with E-state index < -0.39 is 5.97 Å². The first kappa shape index (κ1) is 19.2. The van der Waals surface area contributed by atoms with Gasteiger partial charge in [0.2, 0.25) is 5.91 Å². The summed E-state index contributed by atoms with van der Waals surface area (Å²) in [7, 11) is 2.89. The van der Waals surface area contributed by atoms with Crippen LogP contribution in [0.15, 0.2) is 34.7 Å². The number of aryl methyl sites for hydroxylation is 2. The number of esters is 1. The first-order chi connectivity index (χ1) is 12.3. The molecule has 0 spiro atoms. The number of benzene rings is 1. The molecule has 0 bridgehead atoms. The fourth-order valence-electron chi connectivity index (χ4n) is 2.44. The van der Waals surface area contributed by atoms with Gasteiger partial charge < -0.3 is 19.4 Å². The number of carbonyl (C=O) groups is 3. The van der Waals surface area contributed by atoms with Crippen molar-refractivity contribution in [1.82, 2.24) is 10.2 Å². The lowest BCUT2D eigenvalue weighted by atomic mass is 10.1. The van der Waals surface area contributed by atoms with Crippen molar-refractivity contribution in [3.05, 3.63) is 58.5 Å². The molecule has 0 aliphatic heterocycles. The fraction of sp³-hybridized carbons (Fsp3) is 0.316. The van der Waals surface area contributed by atoms with E-state index in [0.29, 0.717) is 22.6 Å². The average Bonchev–Trinajstić information content (AvgIpc) is 2.98. The summed E-state index contributed by atoms with van der Waals surface area (Å²) in [5, 5.41) is 2.60. The monoisotopic (exact) mass is 358 g/mol. The third-order valence-corrected chi connectivity index (χ3v) is 3.87. The standard InChI is InChI=1S/C19H22N2O5/c1-12-6-5-7-14(8-12)18(23)20-10-17(22)21(3)11-15-9-16(13(2)26-15)19(24)25-4/h5-9H,10-11H2,1-4H3,(H,20,23). The van der Waals surface area contributed by atoms with Crippen LogP contribution >= 0.6 is 0 Å². The van der Waals surface area contributed by atoms with Gasteiger partial charge in [-0.3, -0.25) is 9.59 Å². The molecule has 2 rings (SSSR count). The maximum Gasteiger partial charge on any atom is 0.341 e. The van der Waals surface area contributed by atoms with Crippen LogP contribution in [0.1, 0.15) is 37.8 Å². The zero-order chi connectivity index (χ0) is 19.3. The molecule has 26 heavy (non-hydrogen) atoms. The summed E-state index contributed by atoms with van der Waals surface area (Å²) in [4.78, 5) is 37.3. The van der Waals surface area contributed by atoms with Crippen molar-refractivity contribution in [2.45, 2.75) is 20.4 Å². The number of hydrogen-bond acceptors (Lipinski definition) is 5. The fourth-order valence-corrected chi connectivity index (χ4v) is 2.44. The Hall–Kier alpha value is -3.09. The summed E-state index contributed by atoms with van der Waals surface area (Å²) in [6.07, 6.45) is 0. The van der Waals surface area contributed by atoms with Crippen molar-refractivity contribution in [1.29, 1.82) is 0 Å². The van der Waals surface area contributed by atoms with Crippen molar-refractivity contribution in [2.75, 3.05) is 20.7 Å². The summed E-state index contributed by atoms with van der Waals surface area (Å²) in [6.45, 7) is 3.59. The third kappa shape index (κ3) is 4.72. The molecule has 138 valence electrons. The number of nitrogens with one attached hydrogen (secondary N) is 1. The van der Waals surface area contributed by atoms with Gasteiger partial charge in [-0.15, -0.1) is 0 Å². The highest BCUT2D eigenvalue weighted by Crippen LogP contribution is 2.17. The Morgan fingerprint density at radius 1 is 1.19 bits per heavy atom. The lowest BCUT2D eigenvalue weighted by Crippen LogP contribution is -2.37. The first-order valence-corrected chi connectivity index (χ1v) is 8.08. The van der Waals surface area contributed by atoms with Crippen LogP contribution in [0, 0.1) is 13.8 Å². The van der Waals surface area contributed by atoms with Crippen LogP contribution in [0.25, 0.3) is 0 Å². The number of methoxy groups -OCH3 is 1. The van der Waals surface area contributed by atoms with Gasteiger partial charge in [-0.25, -0.2) is 4.79 Å². The van der Waals surface area contributed by atoms with Gasteiger partial charge in [0, 0.05) is 12.6 Å². The smallest absolute Gasteiger partial charge is 0.341 e. The van der Waals surface area contributed by atoms with Crippen molar-refractivity contribution in [2.24, 2.45) is 0 Å². The van der Waals surface area contributed by atoms with Crippen molar-refractivity contribution >= 4 is 17.8 Å². The molecular formula is C19H22N2O5. The van der Waals surface area contributed by atoms with Crippen LogP contribution in [-0.2, 0) is 16.1 Å². The number of likely N-dealkylation sites (N-methyl/N-ethyl adjacent to an activating group) is 1. The molecule has 7 heteroatoms. The molecule has 0 aliphatic rings. The summed E-state index contributed by atoms with van der Waals surface area (Å²) in [5.41, 5.74) is 1.80. The largest absolute Gasteiger partial charge is 0.465 e. The quantitative estimate of drug-likeness (QED) is 0.799. The topological polar surface area (TPSA) is 88.9 Å². The summed E-state index contributed by atoms with van der Waals surface area (Å²) in [5.74, 6) is -0.182. The lowest BCUT2D eigenvalue weighted by molar-refractivity contribution is -0.129. The van der Waals surface area contributed by atoms with Gasteiger partial charge in [0.05, 0.1) is 20.2 Å². The number of furan rings is 1. The number of amides is 2. The second-order valence-corrected chi connectivity index (χ2v) is 5.98. The lowest BCUT2D eigenvalue weighted by Gasteiger charge is -2.16. The number of ether oxygens (including phenoxy) is 1. The van der Waals surface area contributed by atoms with Gasteiger partial charge in [-0.1, -0.05) is 17.7 Å². The Labute approximate surface area is 151 Å². The normalized spacial score (nSPS) is 10.3. The van der Waals surface area contributed by atoms with Gasteiger partial charge in [-0.2, -0.15) is 0 Å². The SMILES string of the molecule is COC(=O)c1cc(CN(C)C(=O)CNC(=O)c2cccc(C)c2)oc1C. The van der Waals surface area contributed by atoms with Gasteiger partial charge in [0.25, 0.3) is 5.91 Å². The van der Waals surface area contributed by atoms with Crippen LogP contribution in [0.3, 0.4) is 0 Å². The predicted octanol–water partition coefficient (Wildman–Crippen LogP) is 2.07. The summed E-state index contributed by atoms with van der Waals surface area (Å²) < 4.78 is 10.2. The highest BCUT2D eigenvalue weighted by molar-refractivity contribution is 5.96.